The molecule has 0 unspecified atom stereocenters. The minimum Gasteiger partial charge on any atom is -0.337 e. The van der Waals surface area contributed by atoms with Crippen molar-refractivity contribution in [2.75, 3.05) is 6.54 Å². The van der Waals surface area contributed by atoms with Gasteiger partial charge in [0.05, 0.1) is 17.8 Å². The Morgan fingerprint density at radius 2 is 2.12 bits per heavy atom. The number of pyridine rings is 1. The Labute approximate surface area is 154 Å². The van der Waals surface area contributed by atoms with Crippen LogP contribution in [0.1, 0.15) is 30.3 Å². The van der Waals surface area contributed by atoms with Crippen molar-refractivity contribution in [3.63, 3.8) is 0 Å². The molecule has 1 aliphatic rings. The Morgan fingerprint density at radius 3 is 3.04 bits per heavy atom. The molecule has 3 aromatic heterocycles. The van der Waals surface area contributed by atoms with Crippen LogP contribution >= 0.6 is 11.7 Å². The van der Waals surface area contributed by atoms with E-state index in [2.05, 4.69) is 40.9 Å². The molecular formula is C18H16N6OS. The van der Waals surface area contributed by atoms with Crippen molar-refractivity contribution in [1.29, 1.82) is 0 Å². The number of hydrogen-bond donors (Lipinski definition) is 0. The monoisotopic (exact) mass is 364 g/mol. The van der Waals surface area contributed by atoms with Crippen LogP contribution in [0.4, 0.5) is 0 Å². The van der Waals surface area contributed by atoms with E-state index in [0.29, 0.717) is 11.7 Å². The molecule has 5 rings (SSSR count). The van der Waals surface area contributed by atoms with E-state index < -0.39 is 0 Å². The van der Waals surface area contributed by atoms with Gasteiger partial charge in [-0.2, -0.15) is 13.7 Å². The first-order valence-electron chi connectivity index (χ1n) is 8.57. The molecule has 0 saturated carbocycles. The van der Waals surface area contributed by atoms with Crippen molar-refractivity contribution in [2.24, 2.45) is 0 Å². The fourth-order valence-electron chi connectivity index (χ4n) is 3.43. The summed E-state index contributed by atoms with van der Waals surface area (Å²) in [4.78, 5) is 11.3. The number of aromatic nitrogens is 5. The third-order valence-corrected chi connectivity index (χ3v) is 5.24. The summed E-state index contributed by atoms with van der Waals surface area (Å²) < 4.78 is 14.2. The van der Waals surface area contributed by atoms with Gasteiger partial charge >= 0.3 is 0 Å². The van der Waals surface area contributed by atoms with Gasteiger partial charge in [-0.15, -0.1) is 0 Å². The predicted molar refractivity (Wildman–Crippen MR) is 97.3 cm³/mol. The van der Waals surface area contributed by atoms with E-state index in [0.717, 1.165) is 42.7 Å². The van der Waals surface area contributed by atoms with E-state index in [1.54, 1.807) is 6.20 Å². The van der Waals surface area contributed by atoms with Crippen molar-refractivity contribution in [2.45, 2.75) is 25.4 Å². The van der Waals surface area contributed by atoms with Crippen molar-refractivity contribution in [3.05, 3.63) is 54.0 Å². The van der Waals surface area contributed by atoms with Gasteiger partial charge in [-0.05, 0) is 49.2 Å². The molecule has 0 spiro atoms. The number of hydrogen-bond acceptors (Lipinski definition) is 8. The second-order valence-electron chi connectivity index (χ2n) is 6.39. The van der Waals surface area contributed by atoms with Crippen LogP contribution in [0, 0.1) is 0 Å². The van der Waals surface area contributed by atoms with Gasteiger partial charge in [0.15, 0.2) is 0 Å². The fourth-order valence-corrected chi connectivity index (χ4v) is 3.94. The van der Waals surface area contributed by atoms with Crippen molar-refractivity contribution in [1.82, 2.24) is 28.8 Å². The van der Waals surface area contributed by atoms with Crippen molar-refractivity contribution >= 4 is 22.8 Å². The molecule has 0 radical (unpaired) electrons. The Morgan fingerprint density at radius 1 is 1.15 bits per heavy atom. The van der Waals surface area contributed by atoms with Gasteiger partial charge in [0.2, 0.25) is 11.7 Å². The zero-order valence-corrected chi connectivity index (χ0v) is 14.8. The van der Waals surface area contributed by atoms with E-state index in [1.807, 2.05) is 24.3 Å². The van der Waals surface area contributed by atoms with Crippen LogP contribution in [0.3, 0.4) is 0 Å². The number of benzene rings is 1. The molecule has 8 heteroatoms. The highest BCUT2D eigenvalue weighted by Crippen LogP contribution is 2.33. The van der Waals surface area contributed by atoms with Gasteiger partial charge in [-0.25, -0.2) is 0 Å². The van der Waals surface area contributed by atoms with E-state index >= 15 is 0 Å². The van der Waals surface area contributed by atoms with Crippen LogP contribution in [0.2, 0.25) is 0 Å². The first-order valence-corrected chi connectivity index (χ1v) is 9.30. The lowest BCUT2D eigenvalue weighted by molar-refractivity contribution is 0.201. The first kappa shape index (κ1) is 15.5. The SMILES string of the molecule is c1ccc(-c2noc([C@@H]3CCCN3Cc3ccc4nsnc4c3)n2)nc1. The fraction of sp³-hybridized carbons (Fsp3) is 0.278. The van der Waals surface area contributed by atoms with Gasteiger partial charge < -0.3 is 4.52 Å². The average Bonchev–Trinajstić information content (AvgIpc) is 3.42. The molecule has 1 atom stereocenters. The molecule has 0 N–H and O–H groups in total. The molecule has 26 heavy (non-hydrogen) atoms. The van der Waals surface area contributed by atoms with Gasteiger partial charge in [0.25, 0.3) is 0 Å². The maximum atomic E-state index is 5.57. The molecular weight excluding hydrogens is 348 g/mol. The first-order chi connectivity index (χ1) is 12.9. The van der Waals surface area contributed by atoms with Crippen LogP contribution in [0.25, 0.3) is 22.6 Å². The molecule has 0 bridgehead atoms. The highest BCUT2D eigenvalue weighted by atomic mass is 32.1. The van der Waals surface area contributed by atoms with Crippen LogP contribution in [-0.4, -0.2) is 35.3 Å². The largest absolute Gasteiger partial charge is 0.337 e. The summed E-state index contributed by atoms with van der Waals surface area (Å²) in [5.41, 5.74) is 3.86. The Kier molecular flexibility index (Phi) is 3.91. The van der Waals surface area contributed by atoms with Gasteiger partial charge in [0, 0.05) is 12.7 Å². The quantitative estimate of drug-likeness (QED) is 0.548. The van der Waals surface area contributed by atoms with E-state index in [9.17, 15) is 0 Å². The molecule has 4 aromatic rings. The van der Waals surface area contributed by atoms with Gasteiger partial charge in [-0.1, -0.05) is 17.3 Å². The minimum atomic E-state index is 0.143. The van der Waals surface area contributed by atoms with Crippen LogP contribution in [0.5, 0.6) is 0 Å². The molecule has 1 saturated heterocycles. The number of fused-ring (bicyclic) bond motifs is 1. The molecule has 0 aliphatic carbocycles. The Balaban J connectivity index is 1.38. The lowest BCUT2D eigenvalue weighted by atomic mass is 10.1. The predicted octanol–water partition coefficient (Wildman–Crippen LogP) is 3.47. The van der Waals surface area contributed by atoms with Crippen molar-refractivity contribution in [3.8, 4) is 11.5 Å². The lowest BCUT2D eigenvalue weighted by Crippen LogP contribution is -2.23. The standard InChI is InChI=1S/C18H16N6OS/c1-2-8-19-14(4-1)17-20-18(25-21-17)16-5-3-9-24(16)11-12-6-7-13-15(10-12)23-26-22-13/h1-2,4,6-8,10,16H,3,5,9,11H2/t16-/m0/s1. The van der Waals surface area contributed by atoms with Gasteiger partial charge in [0.1, 0.15) is 16.7 Å². The third kappa shape index (κ3) is 2.87. The van der Waals surface area contributed by atoms with E-state index in [4.69, 9.17) is 4.52 Å². The Bertz CT molecular complexity index is 1030. The normalized spacial score (nSPS) is 17.9. The molecule has 1 aromatic carbocycles. The summed E-state index contributed by atoms with van der Waals surface area (Å²) in [6.45, 7) is 1.85. The summed E-state index contributed by atoms with van der Waals surface area (Å²) in [5, 5.41) is 4.11. The number of nitrogens with zero attached hydrogens (tertiary/aromatic N) is 6. The molecule has 1 fully saturated rings. The third-order valence-electron chi connectivity index (χ3n) is 4.69. The number of likely N-dealkylation sites (tertiary alicyclic amines) is 1. The smallest absolute Gasteiger partial charge is 0.244 e. The van der Waals surface area contributed by atoms with Crippen LogP contribution in [0.15, 0.2) is 47.1 Å². The van der Waals surface area contributed by atoms with E-state index in [1.165, 1.54) is 17.3 Å². The molecule has 4 heterocycles. The minimum absolute atomic E-state index is 0.143. The van der Waals surface area contributed by atoms with Crippen molar-refractivity contribution < 1.29 is 4.52 Å². The summed E-state index contributed by atoms with van der Waals surface area (Å²) in [6.07, 6.45) is 3.87. The second-order valence-corrected chi connectivity index (χ2v) is 6.92. The number of rotatable bonds is 4. The molecule has 1 aliphatic heterocycles. The Hall–Kier alpha value is -2.71. The zero-order chi connectivity index (χ0) is 17.3. The average molecular weight is 364 g/mol. The highest BCUT2D eigenvalue weighted by Gasteiger charge is 2.31. The summed E-state index contributed by atoms with van der Waals surface area (Å²) in [6, 6.07) is 12.1. The van der Waals surface area contributed by atoms with Gasteiger partial charge in [-0.3, -0.25) is 9.88 Å². The molecule has 0 amide bonds. The van der Waals surface area contributed by atoms with E-state index in [-0.39, 0.29) is 6.04 Å². The maximum absolute atomic E-state index is 5.57. The van der Waals surface area contributed by atoms with Crippen LogP contribution in [-0.2, 0) is 6.54 Å². The summed E-state index contributed by atoms with van der Waals surface area (Å²) in [7, 11) is 0. The highest BCUT2D eigenvalue weighted by molar-refractivity contribution is 7.00. The zero-order valence-electron chi connectivity index (χ0n) is 13.9. The molecule has 7 nitrogen and oxygen atoms in total. The van der Waals surface area contributed by atoms with Crippen LogP contribution < -0.4 is 0 Å². The lowest BCUT2D eigenvalue weighted by Gasteiger charge is -2.21. The second kappa shape index (κ2) is 6.54. The summed E-state index contributed by atoms with van der Waals surface area (Å²) >= 11 is 1.25. The summed E-state index contributed by atoms with van der Waals surface area (Å²) in [5.74, 6) is 1.21. The maximum Gasteiger partial charge on any atom is 0.244 e. The topological polar surface area (TPSA) is 80.8 Å². The molecule has 130 valence electrons.